The van der Waals surface area contributed by atoms with Crippen molar-refractivity contribution in [3.05, 3.63) is 105 Å². The Hall–Kier alpha value is -3.91. The fourth-order valence-electron chi connectivity index (χ4n) is 4.95. The Morgan fingerprint density at radius 1 is 0.944 bits per heavy atom. The molecule has 0 saturated carbocycles. The fourth-order valence-corrected chi connectivity index (χ4v) is 5.21. The van der Waals surface area contributed by atoms with Gasteiger partial charge in [0.25, 0.3) is 17.7 Å². The zero-order chi connectivity index (χ0) is 25.6. The molecule has 0 saturated heterocycles. The zero-order valence-corrected chi connectivity index (χ0v) is 21.7. The van der Waals surface area contributed by atoms with Crippen molar-refractivity contribution in [2.24, 2.45) is 7.05 Å². The van der Waals surface area contributed by atoms with Gasteiger partial charge in [-0.1, -0.05) is 52.3 Å². The van der Waals surface area contributed by atoms with Crippen molar-refractivity contribution in [2.45, 2.75) is 25.9 Å². The summed E-state index contributed by atoms with van der Waals surface area (Å²) in [6.45, 7) is 3.71. The zero-order valence-electron chi connectivity index (χ0n) is 20.1. The smallest absolute Gasteiger partial charge is 0.269 e. The van der Waals surface area contributed by atoms with Gasteiger partial charge in [0, 0.05) is 44.8 Å². The van der Waals surface area contributed by atoms with Gasteiger partial charge in [0.15, 0.2) is 0 Å². The first-order valence-corrected chi connectivity index (χ1v) is 12.4. The molecule has 0 fully saturated rings. The number of carbonyl (C=O) groups excluding carboxylic acids is 3. The molecule has 182 valence electrons. The molecule has 0 radical (unpaired) electrons. The summed E-state index contributed by atoms with van der Waals surface area (Å²) in [7, 11) is 2.00. The minimum Gasteiger partial charge on any atom is -0.348 e. The highest BCUT2D eigenvalue weighted by atomic mass is 79.9. The van der Waals surface area contributed by atoms with E-state index in [-0.39, 0.29) is 5.91 Å². The molecular formula is C28H25BrN4O3. The molecule has 2 unspecified atom stereocenters. The van der Waals surface area contributed by atoms with Crippen LogP contribution in [0.15, 0.2) is 77.3 Å². The number of rotatable bonds is 4. The molecule has 36 heavy (non-hydrogen) atoms. The minimum atomic E-state index is -0.849. The second-order valence-electron chi connectivity index (χ2n) is 8.90. The number of carbonyl (C=O) groups is 3. The van der Waals surface area contributed by atoms with Crippen LogP contribution >= 0.6 is 15.9 Å². The maximum atomic E-state index is 13.6. The van der Waals surface area contributed by atoms with Gasteiger partial charge >= 0.3 is 0 Å². The summed E-state index contributed by atoms with van der Waals surface area (Å²) in [5, 5.41) is 1.04. The van der Waals surface area contributed by atoms with Crippen LogP contribution in [0.2, 0.25) is 0 Å². The van der Waals surface area contributed by atoms with Crippen LogP contribution in [-0.2, 0) is 11.8 Å². The van der Waals surface area contributed by atoms with Gasteiger partial charge in [-0.2, -0.15) is 0 Å². The number of fused-ring (bicyclic) bond motifs is 2. The SMILES string of the molecule is Cc1c(C2c3ccccc3C(=O)N2C(C)C(=O)NNC(=O)c2ccc(Br)cc2)c2ccccc2n1C. The van der Waals surface area contributed by atoms with E-state index >= 15 is 0 Å². The highest BCUT2D eigenvalue weighted by molar-refractivity contribution is 9.10. The van der Waals surface area contributed by atoms with E-state index in [4.69, 9.17) is 0 Å². The monoisotopic (exact) mass is 544 g/mol. The molecule has 1 aliphatic rings. The lowest BCUT2D eigenvalue weighted by Gasteiger charge is -2.31. The molecule has 3 aromatic carbocycles. The van der Waals surface area contributed by atoms with Crippen LogP contribution in [0.5, 0.6) is 0 Å². The molecule has 0 spiro atoms. The highest BCUT2D eigenvalue weighted by Crippen LogP contribution is 2.44. The number of aromatic nitrogens is 1. The van der Waals surface area contributed by atoms with E-state index in [0.29, 0.717) is 11.1 Å². The molecule has 2 atom stereocenters. The summed E-state index contributed by atoms with van der Waals surface area (Å²) >= 11 is 3.34. The average Bonchev–Trinajstić information content (AvgIpc) is 3.32. The van der Waals surface area contributed by atoms with Gasteiger partial charge in [0.1, 0.15) is 6.04 Å². The van der Waals surface area contributed by atoms with Crippen molar-refractivity contribution < 1.29 is 14.4 Å². The summed E-state index contributed by atoms with van der Waals surface area (Å²) in [4.78, 5) is 40.9. The summed E-state index contributed by atoms with van der Waals surface area (Å²) in [5.74, 6) is -1.14. The Labute approximate surface area is 217 Å². The van der Waals surface area contributed by atoms with Crippen molar-refractivity contribution in [3.63, 3.8) is 0 Å². The third-order valence-corrected chi connectivity index (χ3v) is 7.45. The summed E-state index contributed by atoms with van der Waals surface area (Å²) < 4.78 is 2.95. The van der Waals surface area contributed by atoms with Gasteiger partial charge in [-0.05, 0) is 55.8 Å². The van der Waals surface area contributed by atoms with Crippen molar-refractivity contribution >= 4 is 44.6 Å². The lowest BCUT2D eigenvalue weighted by Crippen LogP contribution is -2.52. The van der Waals surface area contributed by atoms with Gasteiger partial charge in [0.2, 0.25) is 0 Å². The van der Waals surface area contributed by atoms with Crippen LogP contribution in [0.1, 0.15) is 50.5 Å². The average molecular weight is 545 g/mol. The molecule has 8 heteroatoms. The molecule has 0 aliphatic carbocycles. The lowest BCUT2D eigenvalue weighted by atomic mass is 9.95. The third-order valence-electron chi connectivity index (χ3n) is 6.92. The largest absolute Gasteiger partial charge is 0.348 e. The van der Waals surface area contributed by atoms with E-state index < -0.39 is 23.9 Å². The second kappa shape index (κ2) is 9.28. The predicted octanol–water partition coefficient (Wildman–Crippen LogP) is 4.64. The maximum Gasteiger partial charge on any atom is 0.269 e. The van der Waals surface area contributed by atoms with Crippen molar-refractivity contribution in [1.29, 1.82) is 0 Å². The number of hydrogen-bond acceptors (Lipinski definition) is 3. The van der Waals surface area contributed by atoms with E-state index in [1.807, 2.05) is 56.4 Å². The van der Waals surface area contributed by atoms with Gasteiger partial charge in [-0.3, -0.25) is 25.2 Å². The number of nitrogens with zero attached hydrogens (tertiary/aromatic N) is 2. The van der Waals surface area contributed by atoms with Crippen LogP contribution in [-0.4, -0.2) is 33.2 Å². The van der Waals surface area contributed by atoms with Crippen molar-refractivity contribution in [3.8, 4) is 0 Å². The Morgan fingerprint density at radius 2 is 1.61 bits per heavy atom. The Balaban J connectivity index is 1.48. The molecule has 5 rings (SSSR count). The molecule has 1 aromatic heterocycles. The van der Waals surface area contributed by atoms with Crippen LogP contribution in [0.4, 0.5) is 0 Å². The first kappa shape index (κ1) is 23.8. The van der Waals surface area contributed by atoms with Crippen molar-refractivity contribution in [1.82, 2.24) is 20.3 Å². The number of hydrazine groups is 1. The van der Waals surface area contributed by atoms with E-state index in [1.54, 1.807) is 42.2 Å². The van der Waals surface area contributed by atoms with E-state index in [2.05, 4.69) is 31.3 Å². The molecule has 3 amide bonds. The first-order valence-electron chi connectivity index (χ1n) is 11.6. The number of aryl methyl sites for hydroxylation is 1. The van der Waals surface area contributed by atoms with Crippen LogP contribution in [0.25, 0.3) is 10.9 Å². The third kappa shape index (κ3) is 3.87. The molecule has 2 N–H and O–H groups in total. The van der Waals surface area contributed by atoms with Gasteiger partial charge in [-0.25, -0.2) is 0 Å². The topological polar surface area (TPSA) is 83.4 Å². The van der Waals surface area contributed by atoms with E-state index in [9.17, 15) is 14.4 Å². The summed E-state index contributed by atoms with van der Waals surface area (Å²) in [6, 6.07) is 21.0. The molecule has 1 aliphatic heterocycles. The van der Waals surface area contributed by atoms with Gasteiger partial charge in [-0.15, -0.1) is 0 Å². The number of benzene rings is 3. The maximum absolute atomic E-state index is 13.6. The predicted molar refractivity (Wildman–Crippen MR) is 141 cm³/mol. The van der Waals surface area contributed by atoms with E-state index in [0.717, 1.165) is 32.2 Å². The molecular weight excluding hydrogens is 520 g/mol. The summed E-state index contributed by atoms with van der Waals surface area (Å²) in [6.07, 6.45) is 0. The number of halogens is 1. The van der Waals surface area contributed by atoms with Crippen LogP contribution in [0.3, 0.4) is 0 Å². The van der Waals surface area contributed by atoms with Crippen molar-refractivity contribution in [2.75, 3.05) is 0 Å². The lowest BCUT2D eigenvalue weighted by molar-refractivity contribution is -0.126. The van der Waals surface area contributed by atoms with E-state index in [1.165, 1.54) is 0 Å². The molecule has 4 aromatic rings. The number of nitrogens with one attached hydrogen (secondary N) is 2. The Morgan fingerprint density at radius 3 is 2.36 bits per heavy atom. The Kier molecular flexibility index (Phi) is 6.14. The first-order chi connectivity index (χ1) is 17.3. The standard InChI is InChI=1S/C28H25BrN4O3/c1-16-24(22-10-6-7-11-23(22)32(16)3)25-20-8-4-5-9-21(20)28(36)33(25)17(2)26(34)30-31-27(35)18-12-14-19(29)15-13-18/h4-15,17,25H,1-3H3,(H,30,34)(H,31,35). The highest BCUT2D eigenvalue weighted by Gasteiger charge is 2.44. The molecule has 0 bridgehead atoms. The summed E-state index contributed by atoms with van der Waals surface area (Å²) in [5.41, 5.74) is 9.87. The quantitative estimate of drug-likeness (QED) is 0.367. The normalized spacial score (nSPS) is 15.6. The van der Waals surface area contributed by atoms with Crippen LogP contribution < -0.4 is 10.9 Å². The van der Waals surface area contributed by atoms with Gasteiger partial charge in [0.05, 0.1) is 6.04 Å². The minimum absolute atomic E-state index is 0.218. The molecule has 2 heterocycles. The van der Waals surface area contributed by atoms with Crippen LogP contribution in [0, 0.1) is 6.92 Å². The fraction of sp³-hybridized carbons (Fsp3) is 0.179. The Bertz CT molecular complexity index is 1510. The molecule has 7 nitrogen and oxygen atoms in total. The number of hydrogen-bond donors (Lipinski definition) is 2. The van der Waals surface area contributed by atoms with Gasteiger partial charge < -0.3 is 9.47 Å². The second-order valence-corrected chi connectivity index (χ2v) is 9.82. The number of amides is 3. The number of para-hydroxylation sites is 1.